The van der Waals surface area contributed by atoms with Crippen molar-refractivity contribution >= 4 is 68.9 Å². The SMILES string of the molecule is CC[C@@H]1C[C@]1(NC(=O)[C@@H]1C[C@@H](Oc2cc(-c3csc(NC(C)C)n3)nc3c(Cl)c(OC[C@@H]4CC(F)(F)CN4C(=O)OC(C)(C)C)ccc23)CN1C(=O)[C@@H](NC(=O)OC1C[C@@H]2C[C@@H]2C1)C(C)(C)C)C(=O)OC. The Balaban J connectivity index is 1.11. The van der Waals surface area contributed by atoms with Gasteiger partial charge in [-0.25, -0.2) is 33.1 Å². The number of pyridine rings is 1. The zero-order chi connectivity index (χ0) is 51.5. The predicted octanol–water partition coefficient (Wildman–Crippen LogP) is 8.60. The number of alkyl carbamates (subject to hydrolysis) is 1. The summed E-state index contributed by atoms with van der Waals surface area (Å²) in [5.74, 6) is -3.49. The summed E-state index contributed by atoms with van der Waals surface area (Å²) in [4.78, 5) is 81.2. The van der Waals surface area contributed by atoms with Crippen LogP contribution in [0, 0.1) is 23.2 Å². The molecule has 0 bridgehead atoms. The average molecular weight is 1030 g/mol. The van der Waals surface area contributed by atoms with Crippen LogP contribution in [0.25, 0.3) is 22.3 Å². The molecule has 71 heavy (non-hydrogen) atoms. The first-order valence-corrected chi connectivity index (χ1v) is 25.7. The van der Waals surface area contributed by atoms with Crippen molar-refractivity contribution in [1.82, 2.24) is 30.4 Å². The Kier molecular flexibility index (Phi) is 14.4. The molecule has 0 spiro atoms. The zero-order valence-corrected chi connectivity index (χ0v) is 43.6. The number of aromatic nitrogens is 2. The number of nitrogens with one attached hydrogen (secondary N) is 3. The van der Waals surface area contributed by atoms with Gasteiger partial charge in [0.1, 0.15) is 64.3 Å². The fourth-order valence-electron chi connectivity index (χ4n) is 10.2. The summed E-state index contributed by atoms with van der Waals surface area (Å²) in [6.07, 6.45) is 0.411. The van der Waals surface area contributed by atoms with Gasteiger partial charge in [-0.15, -0.1) is 11.3 Å². The number of anilines is 1. The quantitative estimate of drug-likeness (QED) is 0.0967. The average Bonchev–Trinajstić information content (AvgIpc) is 3.82. The molecule has 2 aromatic heterocycles. The third-order valence-electron chi connectivity index (χ3n) is 13.9. The van der Waals surface area contributed by atoms with E-state index in [1.54, 1.807) is 39.0 Å². The van der Waals surface area contributed by atoms with E-state index in [0.29, 0.717) is 46.6 Å². The molecule has 1 aromatic carbocycles. The summed E-state index contributed by atoms with van der Waals surface area (Å²) in [5.41, 5.74) is -1.93. The van der Waals surface area contributed by atoms with E-state index in [0.717, 1.165) is 24.2 Å². The highest BCUT2D eigenvalue weighted by atomic mass is 35.5. The van der Waals surface area contributed by atoms with Crippen LogP contribution in [-0.2, 0) is 28.6 Å². The summed E-state index contributed by atoms with van der Waals surface area (Å²) >= 11 is 8.48. The fraction of sp³-hybridized carbons (Fsp3) is 0.660. The van der Waals surface area contributed by atoms with E-state index in [4.69, 9.17) is 45.3 Å². The highest BCUT2D eigenvalue weighted by Gasteiger charge is 2.62. The first kappa shape index (κ1) is 52.1. The number of halogens is 3. The van der Waals surface area contributed by atoms with Gasteiger partial charge in [0.15, 0.2) is 5.13 Å². The van der Waals surface area contributed by atoms with Gasteiger partial charge in [-0.3, -0.25) is 14.5 Å². The standard InChI is InChI=1S/C50H66ClF2N7O10S/c1-11-28-19-50(28,43(63)66-10)58-41(61)35-17-31(21-59(35)42(62)40(47(4,5)6)57-45(64)69-30-15-26-14-27(26)16-30)68-37-18-33(34-23-71-44(56-34)54-25(2)3)55-39-32(37)12-13-36(38(39)51)67-22-29-20-49(52,53)24-60(29)46(65)70-48(7,8)9/h12-13,18,23,25-31,35,40H,11,14-17,19-22,24H2,1-10H3,(H,54,56)(H,57,64)(H,58,61)/t26-,27+,28-,29+,30?,31-,35+,40-,50-/m1/s1. The van der Waals surface area contributed by atoms with Crippen molar-refractivity contribution in [1.29, 1.82) is 0 Å². The number of nitrogens with zero attached hydrogens (tertiary/aromatic N) is 4. The van der Waals surface area contributed by atoms with E-state index in [9.17, 15) is 32.8 Å². The zero-order valence-electron chi connectivity index (χ0n) is 42.0. The fourth-order valence-corrected chi connectivity index (χ4v) is 11.3. The number of esters is 1. The number of carbonyl (C=O) groups excluding carboxylic acids is 5. The third kappa shape index (κ3) is 11.5. The van der Waals surface area contributed by atoms with E-state index < -0.39 is 89.6 Å². The summed E-state index contributed by atoms with van der Waals surface area (Å²) in [6.45, 7) is 15.0. The van der Waals surface area contributed by atoms with Crippen LogP contribution in [0.15, 0.2) is 23.6 Å². The van der Waals surface area contributed by atoms with Gasteiger partial charge >= 0.3 is 18.2 Å². The first-order valence-electron chi connectivity index (χ1n) is 24.5. The molecule has 4 heterocycles. The molecule has 17 nitrogen and oxygen atoms in total. The van der Waals surface area contributed by atoms with Gasteiger partial charge in [0.05, 0.1) is 37.5 Å². The Bertz CT molecular complexity index is 2540. The maximum Gasteiger partial charge on any atom is 0.410 e. The number of thiazole rings is 1. The number of likely N-dealkylation sites (tertiary alicyclic amines) is 2. The molecule has 5 aliphatic rings. The van der Waals surface area contributed by atoms with E-state index >= 15 is 0 Å². The summed E-state index contributed by atoms with van der Waals surface area (Å²) in [5, 5.41) is 12.0. The number of hydrogen-bond acceptors (Lipinski definition) is 14. The molecule has 2 aliphatic heterocycles. The molecule has 3 saturated carbocycles. The minimum Gasteiger partial charge on any atom is -0.490 e. The van der Waals surface area contributed by atoms with Gasteiger partial charge in [0.25, 0.3) is 5.92 Å². The molecule has 3 N–H and O–H groups in total. The molecule has 0 radical (unpaired) electrons. The smallest absolute Gasteiger partial charge is 0.410 e. The molecule has 3 aromatic rings. The number of hydrogen-bond donors (Lipinski definition) is 3. The van der Waals surface area contributed by atoms with Gasteiger partial charge in [0, 0.05) is 35.7 Å². The van der Waals surface area contributed by atoms with E-state index in [-0.39, 0.29) is 59.7 Å². The second-order valence-corrected chi connectivity index (χ2v) is 23.4. The van der Waals surface area contributed by atoms with Crippen LogP contribution in [0.5, 0.6) is 11.5 Å². The molecule has 5 fully saturated rings. The molecular formula is C50H66ClF2N7O10S. The highest BCUT2D eigenvalue weighted by molar-refractivity contribution is 7.14. The summed E-state index contributed by atoms with van der Waals surface area (Å²) < 4.78 is 58.9. The molecule has 21 heteroatoms. The lowest BCUT2D eigenvalue weighted by Crippen LogP contribution is -2.59. The second-order valence-electron chi connectivity index (χ2n) is 22.2. The number of methoxy groups -OCH3 is 1. The summed E-state index contributed by atoms with van der Waals surface area (Å²) in [7, 11) is 1.27. The van der Waals surface area contributed by atoms with Gasteiger partial charge in [-0.05, 0) is 95.6 Å². The lowest BCUT2D eigenvalue weighted by molar-refractivity contribution is -0.148. The van der Waals surface area contributed by atoms with E-state index in [2.05, 4.69) is 16.0 Å². The predicted molar refractivity (Wildman–Crippen MR) is 262 cm³/mol. The normalized spacial score (nSPS) is 26.9. The molecule has 3 aliphatic carbocycles. The van der Waals surface area contributed by atoms with Crippen LogP contribution < -0.4 is 25.4 Å². The third-order valence-corrected chi connectivity index (χ3v) is 15.1. The van der Waals surface area contributed by atoms with Gasteiger partial charge < -0.3 is 44.5 Å². The van der Waals surface area contributed by atoms with Gasteiger partial charge in [0.2, 0.25) is 11.8 Å². The number of fused-ring (bicyclic) bond motifs is 2. The number of ether oxygens (including phenoxy) is 5. The van der Waals surface area contributed by atoms with E-state index in [1.807, 2.05) is 46.9 Å². The van der Waals surface area contributed by atoms with Crippen LogP contribution in [0.2, 0.25) is 5.02 Å². The molecule has 2 saturated heterocycles. The Labute approximate surface area is 421 Å². The van der Waals surface area contributed by atoms with Crippen molar-refractivity contribution in [3.8, 4) is 22.9 Å². The molecule has 4 amide bonds. The van der Waals surface area contributed by atoms with Crippen molar-refractivity contribution in [2.75, 3.05) is 32.1 Å². The number of benzene rings is 1. The monoisotopic (exact) mass is 1030 g/mol. The minimum atomic E-state index is -3.17. The van der Waals surface area contributed by atoms with Crippen LogP contribution >= 0.6 is 22.9 Å². The number of carbonyl (C=O) groups is 5. The van der Waals surface area contributed by atoms with Crippen LogP contribution in [0.1, 0.15) is 107 Å². The minimum absolute atomic E-state index is 0.00875. The highest BCUT2D eigenvalue weighted by Crippen LogP contribution is 2.53. The molecule has 9 atom stereocenters. The Hall–Kier alpha value is -5.24. The molecule has 8 rings (SSSR count). The van der Waals surface area contributed by atoms with Crippen molar-refractivity contribution in [2.24, 2.45) is 23.2 Å². The molecule has 388 valence electrons. The Morgan fingerprint density at radius 2 is 1.66 bits per heavy atom. The maximum atomic E-state index is 15.0. The number of rotatable bonds is 15. The summed E-state index contributed by atoms with van der Waals surface area (Å²) in [6, 6.07) is 1.70. The molecular weight excluding hydrogens is 964 g/mol. The first-order chi connectivity index (χ1) is 33.3. The van der Waals surface area contributed by atoms with Crippen molar-refractivity contribution in [3.63, 3.8) is 0 Å². The van der Waals surface area contributed by atoms with Crippen LogP contribution in [0.3, 0.4) is 0 Å². The van der Waals surface area contributed by atoms with E-state index in [1.165, 1.54) is 23.3 Å². The van der Waals surface area contributed by atoms with Gasteiger partial charge in [-0.1, -0.05) is 45.7 Å². The Morgan fingerprint density at radius 3 is 2.30 bits per heavy atom. The van der Waals surface area contributed by atoms with Crippen molar-refractivity contribution in [2.45, 2.75) is 161 Å². The largest absolute Gasteiger partial charge is 0.490 e. The number of amides is 4. The topological polar surface area (TPSA) is 200 Å². The Morgan fingerprint density at radius 1 is 0.944 bits per heavy atom. The van der Waals surface area contributed by atoms with Crippen LogP contribution in [0.4, 0.5) is 23.5 Å². The van der Waals surface area contributed by atoms with Crippen LogP contribution in [-0.4, -0.2) is 130 Å². The second kappa shape index (κ2) is 19.6. The maximum absolute atomic E-state index is 15.0. The van der Waals surface area contributed by atoms with Crippen molar-refractivity contribution in [3.05, 3.63) is 28.6 Å². The lowest BCUT2D eigenvalue weighted by atomic mass is 9.85. The van der Waals surface area contributed by atoms with Crippen molar-refractivity contribution < 1.29 is 56.4 Å². The number of alkyl halides is 2. The lowest BCUT2D eigenvalue weighted by Gasteiger charge is -2.35. The molecule has 1 unspecified atom stereocenters. The van der Waals surface area contributed by atoms with Gasteiger partial charge in [-0.2, -0.15) is 0 Å².